The van der Waals surface area contributed by atoms with Gasteiger partial charge in [0.15, 0.2) is 0 Å². The molecule has 0 aromatic heterocycles. The molecule has 78 valence electrons. The van der Waals surface area contributed by atoms with Crippen molar-refractivity contribution >= 4 is 15.9 Å². The van der Waals surface area contributed by atoms with Crippen LogP contribution >= 0.6 is 15.9 Å². The number of hydrogen-bond acceptors (Lipinski definition) is 3. The van der Waals surface area contributed by atoms with Crippen molar-refractivity contribution in [2.75, 3.05) is 6.61 Å². The van der Waals surface area contributed by atoms with Gasteiger partial charge in [-0.05, 0) is 33.6 Å². The number of aliphatic hydroxyl groups is 3. The van der Waals surface area contributed by atoms with E-state index in [-0.39, 0.29) is 10.0 Å². The maximum Gasteiger partial charge on any atom is 0.137 e. The molecule has 0 aliphatic rings. The standard InChI is InChI=1S/C9H10BrFO3/c10-6-2-1-5(3-7(6)11)9(14)8(13)4-12/h1-3,8-9,12-14H,4H2. The minimum absolute atomic E-state index is 0.229. The largest absolute Gasteiger partial charge is 0.394 e. The maximum absolute atomic E-state index is 13.0. The molecule has 1 aromatic carbocycles. The summed E-state index contributed by atoms with van der Waals surface area (Å²) in [5.41, 5.74) is 0.229. The predicted molar refractivity (Wildman–Crippen MR) is 52.2 cm³/mol. The summed E-state index contributed by atoms with van der Waals surface area (Å²) in [6.07, 6.45) is -2.57. The molecule has 0 bridgehead atoms. The van der Waals surface area contributed by atoms with Crippen molar-refractivity contribution in [3.05, 3.63) is 34.1 Å². The van der Waals surface area contributed by atoms with Crippen LogP contribution in [0.3, 0.4) is 0 Å². The van der Waals surface area contributed by atoms with Crippen LogP contribution in [0, 0.1) is 5.82 Å². The molecule has 0 spiro atoms. The third kappa shape index (κ3) is 2.51. The van der Waals surface area contributed by atoms with Crippen molar-refractivity contribution in [1.82, 2.24) is 0 Å². The number of aliphatic hydroxyl groups excluding tert-OH is 3. The first-order valence-corrected chi connectivity index (χ1v) is 4.77. The van der Waals surface area contributed by atoms with Crippen molar-refractivity contribution in [3.8, 4) is 0 Å². The highest BCUT2D eigenvalue weighted by Gasteiger charge is 2.18. The quantitative estimate of drug-likeness (QED) is 0.763. The molecule has 0 aliphatic carbocycles. The Morgan fingerprint density at radius 1 is 1.36 bits per heavy atom. The number of rotatable bonds is 3. The summed E-state index contributed by atoms with van der Waals surface area (Å²) >= 11 is 2.96. The van der Waals surface area contributed by atoms with E-state index in [2.05, 4.69) is 15.9 Å². The summed E-state index contributed by atoms with van der Waals surface area (Å²) in [5, 5.41) is 27.1. The van der Waals surface area contributed by atoms with Gasteiger partial charge >= 0.3 is 0 Å². The molecular formula is C9H10BrFO3. The molecule has 1 rings (SSSR count). The van der Waals surface area contributed by atoms with Crippen molar-refractivity contribution in [2.45, 2.75) is 12.2 Å². The van der Waals surface area contributed by atoms with E-state index in [1.807, 2.05) is 0 Å². The van der Waals surface area contributed by atoms with Gasteiger partial charge in [0, 0.05) is 0 Å². The summed E-state index contributed by atoms with van der Waals surface area (Å²) in [5.74, 6) is -0.522. The fraction of sp³-hybridized carbons (Fsp3) is 0.333. The minimum Gasteiger partial charge on any atom is -0.394 e. The molecular weight excluding hydrogens is 255 g/mol. The lowest BCUT2D eigenvalue weighted by molar-refractivity contribution is -0.0153. The van der Waals surface area contributed by atoms with Gasteiger partial charge in [-0.1, -0.05) is 6.07 Å². The molecule has 0 radical (unpaired) electrons. The molecule has 1 aromatic rings. The molecule has 0 aliphatic heterocycles. The van der Waals surface area contributed by atoms with Crippen LogP contribution in [0.5, 0.6) is 0 Å². The van der Waals surface area contributed by atoms with Crippen LogP contribution in [-0.4, -0.2) is 28.0 Å². The van der Waals surface area contributed by atoms with E-state index in [1.54, 1.807) is 0 Å². The van der Waals surface area contributed by atoms with Crippen LogP contribution in [0.25, 0.3) is 0 Å². The Morgan fingerprint density at radius 3 is 2.50 bits per heavy atom. The van der Waals surface area contributed by atoms with E-state index >= 15 is 0 Å². The smallest absolute Gasteiger partial charge is 0.137 e. The molecule has 2 atom stereocenters. The second kappa shape index (κ2) is 4.84. The molecule has 0 fully saturated rings. The lowest BCUT2D eigenvalue weighted by Crippen LogP contribution is -2.22. The Kier molecular flexibility index (Phi) is 4.00. The molecule has 0 amide bonds. The SMILES string of the molecule is OCC(O)C(O)c1ccc(Br)c(F)c1. The third-order valence-electron chi connectivity index (χ3n) is 1.84. The fourth-order valence-corrected chi connectivity index (χ4v) is 1.26. The summed E-state index contributed by atoms with van der Waals surface area (Å²) in [4.78, 5) is 0. The van der Waals surface area contributed by atoms with Crippen LogP contribution in [-0.2, 0) is 0 Å². The van der Waals surface area contributed by atoms with Gasteiger partial charge < -0.3 is 15.3 Å². The zero-order chi connectivity index (χ0) is 10.7. The molecule has 0 saturated heterocycles. The monoisotopic (exact) mass is 264 g/mol. The zero-order valence-electron chi connectivity index (χ0n) is 7.19. The topological polar surface area (TPSA) is 60.7 Å². The molecule has 0 saturated carbocycles. The second-order valence-electron chi connectivity index (χ2n) is 2.87. The third-order valence-corrected chi connectivity index (χ3v) is 2.48. The molecule has 14 heavy (non-hydrogen) atoms. The first-order chi connectivity index (χ1) is 6.56. The molecule has 5 heteroatoms. The zero-order valence-corrected chi connectivity index (χ0v) is 8.78. The lowest BCUT2D eigenvalue weighted by atomic mass is 10.1. The highest BCUT2D eigenvalue weighted by atomic mass is 79.9. The van der Waals surface area contributed by atoms with Gasteiger partial charge in [0.25, 0.3) is 0 Å². The average Bonchev–Trinajstić information content (AvgIpc) is 2.20. The van der Waals surface area contributed by atoms with Gasteiger partial charge in [-0.25, -0.2) is 4.39 Å². The maximum atomic E-state index is 13.0. The van der Waals surface area contributed by atoms with Crippen molar-refractivity contribution in [2.24, 2.45) is 0 Å². The predicted octanol–water partition coefficient (Wildman–Crippen LogP) is 0.975. The number of benzene rings is 1. The van der Waals surface area contributed by atoms with Crippen molar-refractivity contribution in [3.63, 3.8) is 0 Å². The van der Waals surface area contributed by atoms with Crippen molar-refractivity contribution in [1.29, 1.82) is 0 Å². The highest BCUT2D eigenvalue weighted by molar-refractivity contribution is 9.10. The summed E-state index contributed by atoms with van der Waals surface area (Å²) in [7, 11) is 0. The van der Waals surface area contributed by atoms with E-state index in [9.17, 15) is 9.50 Å². The van der Waals surface area contributed by atoms with Crippen LogP contribution in [0.2, 0.25) is 0 Å². The summed E-state index contributed by atoms with van der Waals surface area (Å²) < 4.78 is 13.3. The molecule has 0 heterocycles. The second-order valence-corrected chi connectivity index (χ2v) is 3.72. The number of halogens is 2. The van der Waals surface area contributed by atoms with E-state index in [1.165, 1.54) is 12.1 Å². The van der Waals surface area contributed by atoms with E-state index in [4.69, 9.17) is 10.2 Å². The first-order valence-electron chi connectivity index (χ1n) is 3.98. The van der Waals surface area contributed by atoms with Gasteiger partial charge in [0.1, 0.15) is 18.0 Å². The van der Waals surface area contributed by atoms with Crippen LogP contribution in [0.4, 0.5) is 4.39 Å². The summed E-state index contributed by atoms with van der Waals surface area (Å²) in [6.45, 7) is -0.571. The van der Waals surface area contributed by atoms with Gasteiger partial charge in [0.05, 0.1) is 11.1 Å². The Labute approximate surface area is 88.9 Å². The highest BCUT2D eigenvalue weighted by Crippen LogP contribution is 2.22. The Bertz CT molecular complexity index is 319. The van der Waals surface area contributed by atoms with Crippen LogP contribution in [0.1, 0.15) is 11.7 Å². The normalized spacial score (nSPS) is 15.2. The van der Waals surface area contributed by atoms with Gasteiger partial charge in [-0.2, -0.15) is 0 Å². The first kappa shape index (κ1) is 11.6. The molecule has 3 N–H and O–H groups in total. The van der Waals surface area contributed by atoms with E-state index < -0.39 is 24.6 Å². The molecule has 3 nitrogen and oxygen atoms in total. The fourth-order valence-electron chi connectivity index (χ4n) is 1.02. The van der Waals surface area contributed by atoms with Crippen LogP contribution in [0.15, 0.2) is 22.7 Å². The lowest BCUT2D eigenvalue weighted by Gasteiger charge is -2.15. The van der Waals surface area contributed by atoms with E-state index in [0.717, 1.165) is 6.07 Å². The van der Waals surface area contributed by atoms with Crippen molar-refractivity contribution < 1.29 is 19.7 Å². The minimum atomic E-state index is -1.30. The Hall–Kier alpha value is -0.490. The Morgan fingerprint density at radius 2 is 2.00 bits per heavy atom. The van der Waals surface area contributed by atoms with Gasteiger partial charge in [0.2, 0.25) is 0 Å². The molecule has 2 unspecified atom stereocenters. The van der Waals surface area contributed by atoms with E-state index in [0.29, 0.717) is 0 Å². The van der Waals surface area contributed by atoms with Gasteiger partial charge in [-0.15, -0.1) is 0 Å². The number of hydrogen-bond donors (Lipinski definition) is 3. The Balaban J connectivity index is 2.91. The summed E-state index contributed by atoms with van der Waals surface area (Å²) in [6, 6.07) is 4.00. The van der Waals surface area contributed by atoms with Gasteiger partial charge in [-0.3, -0.25) is 0 Å². The van der Waals surface area contributed by atoms with Crippen LogP contribution < -0.4 is 0 Å². The average molecular weight is 265 g/mol.